The lowest BCUT2D eigenvalue weighted by Crippen LogP contribution is -2.48. The summed E-state index contributed by atoms with van der Waals surface area (Å²) in [6, 6.07) is 6.14. The van der Waals surface area contributed by atoms with Gasteiger partial charge in [0.1, 0.15) is 11.3 Å². The van der Waals surface area contributed by atoms with Crippen LogP contribution in [0, 0.1) is 6.92 Å². The summed E-state index contributed by atoms with van der Waals surface area (Å²) in [6.45, 7) is 6.19. The first-order chi connectivity index (χ1) is 21.9. The molecule has 3 saturated heterocycles. The van der Waals surface area contributed by atoms with Gasteiger partial charge in [-0.25, -0.2) is 14.6 Å². The van der Waals surface area contributed by atoms with E-state index in [9.17, 15) is 9.90 Å². The number of carboxylic acid groups (broad SMARTS) is 1. The molecule has 3 fully saturated rings. The first-order valence-electron chi connectivity index (χ1n) is 15.2. The van der Waals surface area contributed by atoms with Crippen molar-refractivity contribution in [2.75, 3.05) is 62.8 Å². The summed E-state index contributed by atoms with van der Waals surface area (Å²) in [6.07, 6.45) is 6.47. The van der Waals surface area contributed by atoms with Crippen LogP contribution in [0.25, 0.3) is 39.0 Å². The van der Waals surface area contributed by atoms with Crippen molar-refractivity contribution in [2.45, 2.75) is 25.5 Å². The van der Waals surface area contributed by atoms with Crippen molar-refractivity contribution in [3.8, 4) is 22.8 Å². The molecule has 14 heteroatoms. The number of hydrogen-bond acceptors (Lipinski definition) is 11. The predicted molar refractivity (Wildman–Crippen MR) is 167 cm³/mol. The number of pyridine rings is 3. The van der Waals surface area contributed by atoms with Gasteiger partial charge in [0.25, 0.3) is 0 Å². The molecule has 1 N–H and O–H groups in total. The number of imidazole rings is 1. The quantitative estimate of drug-likeness (QED) is 0.289. The molecule has 3 aliphatic rings. The van der Waals surface area contributed by atoms with Gasteiger partial charge >= 0.3 is 5.97 Å². The number of fused-ring (bicyclic) bond motifs is 4. The first kappa shape index (κ1) is 27.7. The lowest BCUT2D eigenvalue weighted by Gasteiger charge is -2.34. The number of rotatable bonds is 7. The summed E-state index contributed by atoms with van der Waals surface area (Å²) in [5, 5.41) is 15.0. The molecule has 0 spiro atoms. The summed E-state index contributed by atoms with van der Waals surface area (Å²) in [5.74, 6) is 2.25. The molecule has 0 unspecified atom stereocenters. The molecular formula is C31H34N10O4. The number of ether oxygens (including phenoxy) is 2. The second-order valence-electron chi connectivity index (χ2n) is 12.0. The van der Waals surface area contributed by atoms with E-state index in [4.69, 9.17) is 29.5 Å². The number of methoxy groups -OCH3 is 1. The predicted octanol–water partition coefficient (Wildman–Crippen LogP) is 2.27. The average molecular weight is 611 g/mol. The van der Waals surface area contributed by atoms with E-state index in [0.29, 0.717) is 44.4 Å². The molecule has 0 saturated carbocycles. The Morgan fingerprint density at radius 2 is 1.96 bits per heavy atom. The van der Waals surface area contributed by atoms with Gasteiger partial charge in [0.2, 0.25) is 5.95 Å². The lowest BCUT2D eigenvalue weighted by atomic mass is 10.1. The molecule has 8 rings (SSSR count). The molecule has 5 aromatic rings. The Hall–Kier alpha value is -4.82. The number of aromatic nitrogens is 7. The number of piperazine rings is 1. The summed E-state index contributed by atoms with van der Waals surface area (Å²) in [5.41, 5.74) is 5.06. The number of hydrogen-bond donors (Lipinski definition) is 1. The highest BCUT2D eigenvalue weighted by atomic mass is 16.5. The summed E-state index contributed by atoms with van der Waals surface area (Å²) < 4.78 is 15.5. The van der Waals surface area contributed by atoms with E-state index in [2.05, 4.69) is 19.4 Å². The minimum atomic E-state index is -0.804. The zero-order valence-electron chi connectivity index (χ0n) is 25.4. The fraction of sp³-hybridized carbons (Fsp3) is 0.419. The number of aryl methyl sites for hydroxylation is 2. The number of nitrogens with zero attached hydrogens (tertiary/aromatic N) is 10. The molecule has 0 radical (unpaired) electrons. The molecule has 0 aliphatic carbocycles. The second kappa shape index (κ2) is 10.7. The van der Waals surface area contributed by atoms with Crippen molar-refractivity contribution >= 4 is 39.7 Å². The number of anilines is 2. The van der Waals surface area contributed by atoms with Crippen LogP contribution in [0.4, 0.5) is 11.8 Å². The standard InChI is InChI=1S/C31H34N10O4/c1-18-21-14-33-41(24(21)11-23(34-18)22-13-32-5-4-26(22)44-3)27-12-25-29(30(35-27)40-15-20-10-19(40)17-45-20)36-31(37(25)2)39-8-6-38(7-9-39)16-28(42)43/h4-5,11-14,19-20H,6-10,15-17H2,1-3H3,(H,42,43)/t19-,20-/m1/s1. The molecule has 0 aromatic carbocycles. The third kappa shape index (κ3) is 4.63. The maximum atomic E-state index is 11.2. The van der Waals surface area contributed by atoms with Crippen LogP contribution in [0.3, 0.4) is 0 Å². The fourth-order valence-corrected chi connectivity index (χ4v) is 6.94. The van der Waals surface area contributed by atoms with Gasteiger partial charge in [0.05, 0.1) is 60.9 Å². The SMILES string of the molecule is COc1ccncc1-c1cc2c(cnn2-c2cc3c(nc(N4CCN(CC(=O)O)CC4)n3C)c(N3C[C@H]4C[C@@H]3CO4)n2)c(C)n1. The third-order valence-electron chi connectivity index (χ3n) is 9.25. The topological polar surface area (TPSA) is 140 Å². The van der Waals surface area contributed by atoms with Crippen molar-refractivity contribution in [1.29, 1.82) is 0 Å². The number of morpholine rings is 1. The molecular weight excluding hydrogens is 576 g/mol. The van der Waals surface area contributed by atoms with E-state index in [0.717, 1.165) is 63.6 Å². The van der Waals surface area contributed by atoms with E-state index in [1.807, 2.05) is 47.9 Å². The molecule has 14 nitrogen and oxygen atoms in total. The van der Waals surface area contributed by atoms with Crippen molar-refractivity contribution in [3.05, 3.63) is 42.5 Å². The Morgan fingerprint density at radius 3 is 2.69 bits per heavy atom. The van der Waals surface area contributed by atoms with Gasteiger partial charge in [-0.15, -0.1) is 0 Å². The highest BCUT2D eigenvalue weighted by Gasteiger charge is 2.41. The maximum Gasteiger partial charge on any atom is 0.317 e. The van der Waals surface area contributed by atoms with Crippen molar-refractivity contribution in [3.63, 3.8) is 0 Å². The van der Waals surface area contributed by atoms with E-state index in [1.165, 1.54) is 0 Å². The summed E-state index contributed by atoms with van der Waals surface area (Å²) in [4.78, 5) is 37.4. The van der Waals surface area contributed by atoms with Crippen LogP contribution in [-0.2, 0) is 16.6 Å². The Balaban J connectivity index is 1.25. The molecule has 5 aromatic heterocycles. The van der Waals surface area contributed by atoms with Gasteiger partial charge in [-0.05, 0) is 25.5 Å². The highest BCUT2D eigenvalue weighted by molar-refractivity contribution is 5.92. The Morgan fingerprint density at radius 1 is 1.11 bits per heavy atom. The molecule has 2 atom stereocenters. The Kier molecular flexibility index (Phi) is 6.57. The van der Waals surface area contributed by atoms with Crippen LogP contribution < -0.4 is 14.5 Å². The average Bonchev–Trinajstić information content (AvgIpc) is 3.85. The van der Waals surface area contributed by atoms with Gasteiger partial charge in [0.15, 0.2) is 11.6 Å². The van der Waals surface area contributed by atoms with Gasteiger partial charge in [0, 0.05) is 69.3 Å². The van der Waals surface area contributed by atoms with Gasteiger partial charge in [-0.1, -0.05) is 0 Å². The second-order valence-corrected chi connectivity index (χ2v) is 12.0. The fourth-order valence-electron chi connectivity index (χ4n) is 6.94. The lowest BCUT2D eigenvalue weighted by molar-refractivity contribution is -0.138. The van der Waals surface area contributed by atoms with E-state index >= 15 is 0 Å². The third-order valence-corrected chi connectivity index (χ3v) is 9.25. The molecule has 0 amide bonds. The molecule has 45 heavy (non-hydrogen) atoms. The van der Waals surface area contributed by atoms with Crippen LogP contribution in [0.15, 0.2) is 36.8 Å². The summed E-state index contributed by atoms with van der Waals surface area (Å²) in [7, 11) is 3.67. The molecule has 8 heterocycles. The van der Waals surface area contributed by atoms with Crippen LogP contribution in [0.5, 0.6) is 5.75 Å². The molecule has 3 aliphatic heterocycles. The largest absolute Gasteiger partial charge is 0.496 e. The first-order valence-corrected chi connectivity index (χ1v) is 15.2. The van der Waals surface area contributed by atoms with E-state index in [-0.39, 0.29) is 18.7 Å². The van der Waals surface area contributed by atoms with Crippen LogP contribution in [0.2, 0.25) is 0 Å². The smallest absolute Gasteiger partial charge is 0.317 e. The highest BCUT2D eigenvalue weighted by Crippen LogP contribution is 2.38. The Labute approximate surface area is 258 Å². The monoisotopic (exact) mass is 610 g/mol. The number of aliphatic carboxylic acids is 1. The van der Waals surface area contributed by atoms with Gasteiger partial charge in [-0.3, -0.25) is 19.7 Å². The normalized spacial score (nSPS) is 20.2. The minimum Gasteiger partial charge on any atom is -0.496 e. The van der Waals surface area contributed by atoms with E-state index < -0.39 is 5.97 Å². The Bertz CT molecular complexity index is 1950. The van der Waals surface area contributed by atoms with Gasteiger partial charge in [-0.2, -0.15) is 5.10 Å². The van der Waals surface area contributed by atoms with Crippen molar-refractivity contribution in [1.82, 2.24) is 39.2 Å². The zero-order valence-corrected chi connectivity index (χ0v) is 25.4. The number of carboxylic acids is 1. The maximum absolute atomic E-state index is 11.2. The van der Waals surface area contributed by atoms with E-state index in [1.54, 1.807) is 19.5 Å². The van der Waals surface area contributed by atoms with Crippen LogP contribution in [-0.4, -0.2) is 115 Å². The van der Waals surface area contributed by atoms with Crippen molar-refractivity contribution < 1.29 is 19.4 Å². The molecule has 2 bridgehead atoms. The summed E-state index contributed by atoms with van der Waals surface area (Å²) >= 11 is 0. The number of carbonyl (C=O) groups is 1. The van der Waals surface area contributed by atoms with Crippen molar-refractivity contribution in [2.24, 2.45) is 7.05 Å². The molecule has 232 valence electrons. The zero-order chi connectivity index (χ0) is 30.8. The minimum absolute atomic E-state index is 0.0511. The van der Waals surface area contributed by atoms with Crippen LogP contribution >= 0.6 is 0 Å². The van der Waals surface area contributed by atoms with Crippen LogP contribution in [0.1, 0.15) is 12.1 Å². The van der Waals surface area contributed by atoms with Gasteiger partial charge < -0.3 is 28.9 Å².